The summed E-state index contributed by atoms with van der Waals surface area (Å²) in [5.41, 5.74) is 0.928. The summed E-state index contributed by atoms with van der Waals surface area (Å²) in [6.45, 7) is 6.41. The van der Waals surface area contributed by atoms with E-state index >= 15 is 0 Å². The number of anilines is 2. The predicted octanol–water partition coefficient (Wildman–Crippen LogP) is 5.45. The summed E-state index contributed by atoms with van der Waals surface area (Å²) >= 11 is 6.71. The molecule has 0 bridgehead atoms. The number of fused-ring (bicyclic) bond motifs is 7. The Hall–Kier alpha value is -3.68. The van der Waals surface area contributed by atoms with Crippen LogP contribution in [0.5, 0.6) is 5.75 Å². The lowest BCUT2D eigenvalue weighted by atomic mass is 9.57. The molecule has 7 rings (SSSR count). The molecular weight excluding hydrogens is 526 g/mol. The lowest BCUT2D eigenvalue weighted by molar-refractivity contribution is -0.137. The van der Waals surface area contributed by atoms with Gasteiger partial charge in [-0.25, -0.2) is 0 Å². The molecule has 204 valence electrons. The zero-order valence-corrected chi connectivity index (χ0v) is 23.3. The number of amides is 2. The van der Waals surface area contributed by atoms with Gasteiger partial charge in [0.15, 0.2) is 5.78 Å². The molecule has 4 heterocycles. The van der Waals surface area contributed by atoms with Gasteiger partial charge >= 0.3 is 0 Å². The summed E-state index contributed by atoms with van der Waals surface area (Å²) < 4.78 is 5.80. The molecule has 4 atom stereocenters. The number of ether oxygens (including phenoxy) is 1. The normalized spacial score (nSPS) is 28.1. The SMILES string of the molecule is Cc1cc(Cl)c2c(c1)[C@]1(C(=O)N2)N2CCC[C@H]2[C@@H](C(=O)c2ccc(OC(C)C)cc2)[C@]12C(=O)Nc1ccccc12. The first-order chi connectivity index (χ1) is 19.2. The largest absolute Gasteiger partial charge is 0.491 e. The van der Waals surface area contributed by atoms with Crippen LogP contribution in [0.15, 0.2) is 60.7 Å². The molecule has 2 saturated heterocycles. The molecule has 8 heteroatoms. The number of hydrogen-bond donors (Lipinski definition) is 2. The third-order valence-corrected chi connectivity index (χ3v) is 9.39. The highest BCUT2D eigenvalue weighted by Gasteiger charge is 2.81. The van der Waals surface area contributed by atoms with Crippen molar-refractivity contribution in [2.45, 2.75) is 56.7 Å². The summed E-state index contributed by atoms with van der Waals surface area (Å²) in [6, 6.07) is 18.0. The van der Waals surface area contributed by atoms with Gasteiger partial charge in [0.25, 0.3) is 5.91 Å². The van der Waals surface area contributed by atoms with Gasteiger partial charge in [0.05, 0.1) is 22.7 Å². The molecule has 3 aromatic rings. The minimum Gasteiger partial charge on any atom is -0.491 e. The second-order valence-electron chi connectivity index (χ2n) is 11.6. The van der Waals surface area contributed by atoms with Crippen molar-refractivity contribution in [1.82, 2.24) is 4.90 Å². The number of nitrogens with one attached hydrogen (secondary N) is 2. The molecule has 2 spiro atoms. The zero-order chi connectivity index (χ0) is 28.0. The molecule has 3 aromatic carbocycles. The van der Waals surface area contributed by atoms with E-state index in [9.17, 15) is 14.4 Å². The minimum absolute atomic E-state index is 0.00136. The number of aryl methyl sites for hydroxylation is 1. The van der Waals surface area contributed by atoms with Gasteiger partial charge in [-0.05, 0) is 87.7 Å². The molecule has 0 aliphatic carbocycles. The molecule has 0 aromatic heterocycles. The van der Waals surface area contributed by atoms with Gasteiger partial charge in [-0.1, -0.05) is 35.9 Å². The fraction of sp³-hybridized carbons (Fsp3) is 0.344. The number of Topliss-reactive ketones (excluding diaryl/α,β-unsaturated/α-hetero) is 1. The second kappa shape index (κ2) is 8.66. The first-order valence-electron chi connectivity index (χ1n) is 13.8. The Morgan fingerprint density at radius 2 is 1.77 bits per heavy atom. The van der Waals surface area contributed by atoms with Gasteiger partial charge in [-0.2, -0.15) is 0 Å². The quantitative estimate of drug-likeness (QED) is 0.418. The fourth-order valence-corrected chi connectivity index (χ4v) is 8.24. The van der Waals surface area contributed by atoms with E-state index in [0.29, 0.717) is 51.8 Å². The Bertz CT molecular complexity index is 1600. The summed E-state index contributed by atoms with van der Waals surface area (Å²) in [5, 5.41) is 6.54. The number of nitrogens with zero attached hydrogens (tertiary/aromatic N) is 1. The molecule has 2 fully saturated rings. The van der Waals surface area contributed by atoms with Crippen LogP contribution in [-0.4, -0.2) is 41.2 Å². The number of ketones is 1. The van der Waals surface area contributed by atoms with Crippen LogP contribution in [0.4, 0.5) is 11.4 Å². The molecule has 0 radical (unpaired) electrons. The summed E-state index contributed by atoms with van der Waals surface area (Å²) in [7, 11) is 0. The van der Waals surface area contributed by atoms with E-state index in [2.05, 4.69) is 15.5 Å². The average molecular weight is 556 g/mol. The summed E-state index contributed by atoms with van der Waals surface area (Å²) in [6.07, 6.45) is 1.52. The van der Waals surface area contributed by atoms with E-state index in [-0.39, 0.29) is 29.7 Å². The Kier molecular flexibility index (Phi) is 5.48. The van der Waals surface area contributed by atoms with Gasteiger partial charge in [0.1, 0.15) is 16.7 Å². The number of carbonyl (C=O) groups excluding carboxylic acids is 3. The highest BCUT2D eigenvalue weighted by atomic mass is 35.5. The molecule has 4 aliphatic rings. The van der Waals surface area contributed by atoms with E-state index in [4.69, 9.17) is 16.3 Å². The van der Waals surface area contributed by atoms with Gasteiger partial charge in [-0.15, -0.1) is 0 Å². The summed E-state index contributed by atoms with van der Waals surface area (Å²) in [5.74, 6) is -0.931. The fourth-order valence-electron chi connectivity index (χ4n) is 7.92. The number of rotatable bonds is 4. The van der Waals surface area contributed by atoms with Crippen molar-refractivity contribution >= 4 is 40.6 Å². The van der Waals surface area contributed by atoms with Crippen LogP contribution < -0.4 is 15.4 Å². The topological polar surface area (TPSA) is 87.7 Å². The zero-order valence-electron chi connectivity index (χ0n) is 22.6. The van der Waals surface area contributed by atoms with Crippen molar-refractivity contribution in [3.8, 4) is 5.75 Å². The van der Waals surface area contributed by atoms with Crippen molar-refractivity contribution in [2.24, 2.45) is 5.92 Å². The molecule has 4 aliphatic heterocycles. The Balaban J connectivity index is 1.51. The van der Waals surface area contributed by atoms with E-state index in [1.54, 1.807) is 24.3 Å². The summed E-state index contributed by atoms with van der Waals surface area (Å²) in [4.78, 5) is 45.9. The number of carbonyl (C=O) groups is 3. The predicted molar refractivity (Wildman–Crippen MR) is 153 cm³/mol. The highest BCUT2D eigenvalue weighted by molar-refractivity contribution is 6.35. The number of hydrogen-bond acceptors (Lipinski definition) is 5. The van der Waals surface area contributed by atoms with Crippen LogP contribution in [0.1, 0.15) is 53.7 Å². The molecule has 40 heavy (non-hydrogen) atoms. The highest BCUT2D eigenvalue weighted by Crippen LogP contribution is 2.68. The number of para-hydroxylation sites is 1. The van der Waals surface area contributed by atoms with Crippen LogP contribution >= 0.6 is 11.6 Å². The molecular formula is C32H30ClN3O4. The molecule has 2 amide bonds. The van der Waals surface area contributed by atoms with E-state index in [0.717, 1.165) is 12.0 Å². The maximum Gasteiger partial charge on any atom is 0.251 e. The molecule has 7 nitrogen and oxygen atoms in total. The molecule has 0 saturated carbocycles. The van der Waals surface area contributed by atoms with Gasteiger partial charge in [0.2, 0.25) is 5.91 Å². The van der Waals surface area contributed by atoms with Crippen molar-refractivity contribution in [3.05, 3.63) is 87.9 Å². The Labute approximate surface area is 237 Å². The monoisotopic (exact) mass is 555 g/mol. The smallest absolute Gasteiger partial charge is 0.251 e. The first kappa shape index (κ1) is 25.3. The van der Waals surface area contributed by atoms with Crippen molar-refractivity contribution in [2.75, 3.05) is 17.2 Å². The number of benzene rings is 3. The van der Waals surface area contributed by atoms with Crippen LogP contribution in [0, 0.1) is 12.8 Å². The third kappa shape index (κ3) is 3.02. The third-order valence-electron chi connectivity index (χ3n) is 9.09. The van der Waals surface area contributed by atoms with Crippen LogP contribution in [-0.2, 0) is 20.5 Å². The van der Waals surface area contributed by atoms with Crippen molar-refractivity contribution in [3.63, 3.8) is 0 Å². The van der Waals surface area contributed by atoms with E-state index in [1.165, 1.54) is 0 Å². The standard InChI is InChI=1S/C32H30ClN3O4/c1-17(2)40-20-12-10-19(11-13-20)28(37)26-25-9-6-14-36(25)32(22-15-18(3)16-23(33)27(22)35-30(32)39)31(26)21-7-4-5-8-24(21)34-29(31)38/h4-5,7-8,10-13,15-17,25-26H,6,9,14H2,1-3H3,(H,34,38)(H,35,39)/t25-,26-,31+,32+/m0/s1. The van der Waals surface area contributed by atoms with Crippen LogP contribution in [0.2, 0.25) is 5.02 Å². The Morgan fingerprint density at radius 3 is 2.52 bits per heavy atom. The first-order valence-corrected chi connectivity index (χ1v) is 14.2. The maximum absolute atomic E-state index is 14.7. The Morgan fingerprint density at radius 1 is 1.02 bits per heavy atom. The maximum atomic E-state index is 14.7. The molecule has 0 unspecified atom stereocenters. The van der Waals surface area contributed by atoms with Crippen LogP contribution in [0.3, 0.4) is 0 Å². The molecule has 2 N–H and O–H groups in total. The van der Waals surface area contributed by atoms with E-state index in [1.807, 2.05) is 57.2 Å². The van der Waals surface area contributed by atoms with Gasteiger partial charge < -0.3 is 15.4 Å². The van der Waals surface area contributed by atoms with E-state index < -0.39 is 16.9 Å². The lowest BCUT2D eigenvalue weighted by Gasteiger charge is -2.43. The lowest BCUT2D eigenvalue weighted by Crippen LogP contribution is -2.62. The average Bonchev–Trinajstić information content (AvgIpc) is 3.63. The van der Waals surface area contributed by atoms with Crippen LogP contribution in [0.25, 0.3) is 0 Å². The van der Waals surface area contributed by atoms with Crippen molar-refractivity contribution < 1.29 is 19.1 Å². The van der Waals surface area contributed by atoms with Crippen molar-refractivity contribution in [1.29, 1.82) is 0 Å². The number of halogens is 1. The van der Waals surface area contributed by atoms with Gasteiger partial charge in [0, 0.05) is 22.9 Å². The second-order valence-corrected chi connectivity index (χ2v) is 12.0. The van der Waals surface area contributed by atoms with Gasteiger partial charge in [-0.3, -0.25) is 19.3 Å². The minimum atomic E-state index is -1.49.